The zero-order valence-corrected chi connectivity index (χ0v) is 8.58. The number of hydrogen-bond acceptors (Lipinski definition) is 2. The molecular formula is C11H21NO. The van der Waals surface area contributed by atoms with Gasteiger partial charge in [0.05, 0.1) is 6.10 Å². The number of hydrogen-bond donors (Lipinski definition) is 1. The lowest BCUT2D eigenvalue weighted by molar-refractivity contribution is 0.133. The van der Waals surface area contributed by atoms with Crippen LogP contribution in [-0.2, 0) is 0 Å². The zero-order valence-electron chi connectivity index (χ0n) is 8.58. The summed E-state index contributed by atoms with van der Waals surface area (Å²) in [5.41, 5.74) is 0. The molecule has 0 aromatic rings. The molecule has 0 spiro atoms. The third-order valence-corrected chi connectivity index (χ3v) is 3.70. The Morgan fingerprint density at radius 3 is 2.31 bits per heavy atom. The highest BCUT2D eigenvalue weighted by Gasteiger charge is 2.29. The minimum atomic E-state index is -0.0423. The largest absolute Gasteiger partial charge is 0.392 e. The highest BCUT2D eigenvalue weighted by Crippen LogP contribution is 2.28. The van der Waals surface area contributed by atoms with Crippen LogP contribution in [0.3, 0.4) is 0 Å². The summed E-state index contributed by atoms with van der Waals surface area (Å²) in [7, 11) is 0. The lowest BCUT2D eigenvalue weighted by Crippen LogP contribution is -2.36. The molecule has 1 aliphatic heterocycles. The molecule has 0 aromatic carbocycles. The molecule has 1 heterocycles. The van der Waals surface area contributed by atoms with Crippen LogP contribution in [0.2, 0.25) is 0 Å². The van der Waals surface area contributed by atoms with Gasteiger partial charge in [0.25, 0.3) is 0 Å². The molecule has 1 unspecified atom stereocenters. The average molecular weight is 183 g/mol. The number of aliphatic hydroxyl groups excluding tert-OH is 1. The molecular weight excluding hydrogens is 162 g/mol. The van der Waals surface area contributed by atoms with E-state index < -0.39 is 0 Å². The van der Waals surface area contributed by atoms with Crippen LogP contribution in [0.25, 0.3) is 0 Å². The second kappa shape index (κ2) is 3.97. The van der Waals surface area contributed by atoms with Gasteiger partial charge in [-0.2, -0.15) is 0 Å². The summed E-state index contributed by atoms with van der Waals surface area (Å²) < 4.78 is 0. The normalized spacial score (nSPS) is 42.5. The molecule has 2 nitrogen and oxygen atoms in total. The van der Waals surface area contributed by atoms with E-state index in [1.807, 2.05) is 0 Å². The van der Waals surface area contributed by atoms with E-state index in [2.05, 4.69) is 11.8 Å². The molecule has 1 N–H and O–H groups in total. The first-order valence-electron chi connectivity index (χ1n) is 5.68. The van der Waals surface area contributed by atoms with Gasteiger partial charge in [0.2, 0.25) is 0 Å². The van der Waals surface area contributed by atoms with Gasteiger partial charge in [-0.05, 0) is 38.0 Å². The zero-order chi connectivity index (χ0) is 9.26. The van der Waals surface area contributed by atoms with Gasteiger partial charge in [-0.25, -0.2) is 0 Å². The fourth-order valence-corrected chi connectivity index (χ4v) is 2.71. The van der Waals surface area contributed by atoms with Crippen LogP contribution in [0, 0.1) is 5.92 Å². The number of likely N-dealkylation sites (tertiary alicyclic amines) is 1. The van der Waals surface area contributed by atoms with E-state index in [9.17, 15) is 5.11 Å². The maximum atomic E-state index is 9.44. The monoisotopic (exact) mass is 183 g/mol. The minimum Gasteiger partial charge on any atom is -0.392 e. The second-order valence-corrected chi connectivity index (χ2v) is 4.85. The molecule has 76 valence electrons. The van der Waals surface area contributed by atoms with Crippen molar-refractivity contribution >= 4 is 0 Å². The molecule has 1 saturated carbocycles. The second-order valence-electron chi connectivity index (χ2n) is 4.85. The van der Waals surface area contributed by atoms with Crippen molar-refractivity contribution in [2.24, 2.45) is 5.92 Å². The van der Waals surface area contributed by atoms with Gasteiger partial charge < -0.3 is 5.11 Å². The fourth-order valence-electron chi connectivity index (χ4n) is 2.71. The van der Waals surface area contributed by atoms with Crippen molar-refractivity contribution in [3.8, 4) is 0 Å². The third kappa shape index (κ3) is 2.23. The molecule has 0 amide bonds. The number of β-amino-alcohol motifs (C(OH)–C–C–N with tert-alkyl or cyclic N) is 1. The molecule has 0 aromatic heterocycles. The molecule has 2 rings (SSSR count). The maximum absolute atomic E-state index is 9.44. The van der Waals surface area contributed by atoms with Gasteiger partial charge in [-0.1, -0.05) is 6.92 Å². The molecule has 2 heteroatoms. The van der Waals surface area contributed by atoms with E-state index >= 15 is 0 Å². The quantitative estimate of drug-likeness (QED) is 0.668. The Labute approximate surface area is 80.9 Å². The van der Waals surface area contributed by atoms with Gasteiger partial charge in [0, 0.05) is 19.1 Å². The Morgan fingerprint density at radius 1 is 1.08 bits per heavy atom. The van der Waals surface area contributed by atoms with Gasteiger partial charge in [0.15, 0.2) is 0 Å². The van der Waals surface area contributed by atoms with Crippen LogP contribution in [-0.4, -0.2) is 35.2 Å². The topological polar surface area (TPSA) is 23.5 Å². The Morgan fingerprint density at radius 2 is 1.77 bits per heavy atom. The highest BCUT2D eigenvalue weighted by atomic mass is 16.3. The summed E-state index contributed by atoms with van der Waals surface area (Å²) in [6.07, 6.45) is 6.43. The molecule has 1 aliphatic carbocycles. The predicted molar refractivity (Wildman–Crippen MR) is 53.6 cm³/mol. The number of nitrogens with zero attached hydrogens (tertiary/aromatic N) is 1. The van der Waals surface area contributed by atoms with E-state index in [4.69, 9.17) is 0 Å². The van der Waals surface area contributed by atoms with E-state index in [1.54, 1.807) is 0 Å². The summed E-state index contributed by atoms with van der Waals surface area (Å²) in [5, 5.41) is 9.44. The van der Waals surface area contributed by atoms with Crippen LogP contribution < -0.4 is 0 Å². The SMILES string of the molecule is C[C@H]1CC[C@H](N2CCC(O)C2)CC1. The standard InChI is InChI=1S/C11H21NO/c1-9-2-4-10(5-3-9)12-7-6-11(13)8-12/h9-11,13H,2-8H2,1H3/t9-,10-,11?. The Hall–Kier alpha value is -0.0800. The molecule has 2 fully saturated rings. The molecule has 13 heavy (non-hydrogen) atoms. The van der Waals surface area contributed by atoms with Crippen LogP contribution in [0.1, 0.15) is 39.0 Å². The molecule has 0 radical (unpaired) electrons. The Kier molecular flexibility index (Phi) is 2.89. The third-order valence-electron chi connectivity index (χ3n) is 3.70. The molecule has 0 bridgehead atoms. The van der Waals surface area contributed by atoms with Crippen LogP contribution >= 0.6 is 0 Å². The number of aliphatic hydroxyl groups is 1. The lowest BCUT2D eigenvalue weighted by atomic mass is 9.87. The van der Waals surface area contributed by atoms with Gasteiger partial charge in [-0.3, -0.25) is 4.90 Å². The smallest absolute Gasteiger partial charge is 0.0679 e. The van der Waals surface area contributed by atoms with Crippen molar-refractivity contribution in [3.05, 3.63) is 0 Å². The van der Waals surface area contributed by atoms with Crippen molar-refractivity contribution in [3.63, 3.8) is 0 Å². The minimum absolute atomic E-state index is 0.0423. The average Bonchev–Trinajstić information content (AvgIpc) is 2.53. The molecule has 1 atom stereocenters. The van der Waals surface area contributed by atoms with Crippen LogP contribution in [0.4, 0.5) is 0 Å². The summed E-state index contributed by atoms with van der Waals surface area (Å²) in [5.74, 6) is 0.934. The van der Waals surface area contributed by atoms with Crippen molar-refractivity contribution in [2.75, 3.05) is 13.1 Å². The predicted octanol–water partition coefficient (Wildman–Crippen LogP) is 1.63. The van der Waals surface area contributed by atoms with Gasteiger partial charge in [-0.15, -0.1) is 0 Å². The van der Waals surface area contributed by atoms with E-state index in [0.29, 0.717) is 0 Å². The Bertz CT molecular complexity index is 163. The van der Waals surface area contributed by atoms with Crippen molar-refractivity contribution in [2.45, 2.75) is 51.2 Å². The molecule has 2 aliphatic rings. The summed E-state index contributed by atoms with van der Waals surface area (Å²) >= 11 is 0. The van der Waals surface area contributed by atoms with Crippen molar-refractivity contribution in [1.29, 1.82) is 0 Å². The van der Waals surface area contributed by atoms with E-state index in [0.717, 1.165) is 31.5 Å². The van der Waals surface area contributed by atoms with Crippen LogP contribution in [0.15, 0.2) is 0 Å². The van der Waals surface area contributed by atoms with Crippen LogP contribution in [0.5, 0.6) is 0 Å². The van der Waals surface area contributed by atoms with E-state index in [1.165, 1.54) is 25.7 Å². The molecule has 1 saturated heterocycles. The van der Waals surface area contributed by atoms with Crippen molar-refractivity contribution in [1.82, 2.24) is 4.90 Å². The lowest BCUT2D eigenvalue weighted by Gasteiger charge is -2.33. The fraction of sp³-hybridized carbons (Fsp3) is 1.00. The summed E-state index contributed by atoms with van der Waals surface area (Å²) in [6, 6.07) is 0.786. The van der Waals surface area contributed by atoms with E-state index in [-0.39, 0.29) is 6.10 Å². The van der Waals surface area contributed by atoms with Gasteiger partial charge >= 0.3 is 0 Å². The number of rotatable bonds is 1. The van der Waals surface area contributed by atoms with Gasteiger partial charge in [0.1, 0.15) is 0 Å². The summed E-state index contributed by atoms with van der Waals surface area (Å²) in [6.45, 7) is 4.41. The maximum Gasteiger partial charge on any atom is 0.0679 e. The first-order valence-corrected chi connectivity index (χ1v) is 5.68. The first-order chi connectivity index (χ1) is 6.25. The van der Waals surface area contributed by atoms with Crippen molar-refractivity contribution < 1.29 is 5.11 Å². The summed E-state index contributed by atoms with van der Waals surface area (Å²) in [4.78, 5) is 2.50. The highest BCUT2D eigenvalue weighted by molar-refractivity contribution is 4.84. The first kappa shape index (κ1) is 9.47. The Balaban J connectivity index is 1.81.